The minimum Gasteiger partial charge on any atom is -0.394 e. The molecule has 2 aromatic heterocycles. The van der Waals surface area contributed by atoms with Gasteiger partial charge in [0.25, 0.3) is 5.56 Å². The van der Waals surface area contributed by atoms with Crippen molar-refractivity contribution in [3.05, 3.63) is 76.3 Å². The van der Waals surface area contributed by atoms with Crippen molar-refractivity contribution in [2.24, 2.45) is 0 Å². The van der Waals surface area contributed by atoms with Crippen LogP contribution in [0.3, 0.4) is 0 Å². The maximum atomic E-state index is 13.3. The lowest BCUT2D eigenvalue weighted by molar-refractivity contribution is 0.0715. The molecule has 1 saturated carbocycles. The first kappa shape index (κ1) is 23.4. The molecule has 10 heteroatoms. The van der Waals surface area contributed by atoms with Crippen molar-refractivity contribution in [1.82, 2.24) is 19.1 Å². The molecule has 0 radical (unpaired) electrons. The molecular weight excluding hydrogens is 444 g/mol. The molecule has 0 unspecified atom stereocenters. The maximum Gasteiger partial charge on any atom is 0.276 e. The van der Waals surface area contributed by atoms with Crippen LogP contribution in [0.1, 0.15) is 36.8 Å². The van der Waals surface area contributed by atoms with Gasteiger partial charge in [0.2, 0.25) is 10.0 Å². The number of hydrogen-bond donors (Lipinski definition) is 3. The number of hydrogen-bond acceptors (Lipinski definition) is 6. The minimum absolute atomic E-state index is 0.0209. The molecule has 1 fully saturated rings. The van der Waals surface area contributed by atoms with Gasteiger partial charge in [-0.3, -0.25) is 9.89 Å². The summed E-state index contributed by atoms with van der Waals surface area (Å²) in [6, 6.07) is 12.3. The summed E-state index contributed by atoms with van der Waals surface area (Å²) in [5, 5.41) is 22.0. The fourth-order valence-electron chi connectivity index (χ4n) is 4.21. The summed E-state index contributed by atoms with van der Waals surface area (Å²) >= 11 is 0. The smallest absolute Gasteiger partial charge is 0.276 e. The van der Waals surface area contributed by atoms with Crippen LogP contribution in [0, 0.1) is 0 Å². The Kier molecular flexibility index (Phi) is 7.08. The molecule has 176 valence electrons. The minimum atomic E-state index is -3.93. The Balaban J connectivity index is 1.58. The molecule has 0 saturated heterocycles. The van der Waals surface area contributed by atoms with Crippen LogP contribution in [-0.4, -0.2) is 63.0 Å². The van der Waals surface area contributed by atoms with Crippen LogP contribution < -0.4 is 5.56 Å². The normalized spacial score (nSPS) is 15.8. The van der Waals surface area contributed by atoms with Crippen LogP contribution >= 0.6 is 0 Å². The Morgan fingerprint density at radius 1 is 1.15 bits per heavy atom. The van der Waals surface area contributed by atoms with Crippen LogP contribution in [0.25, 0.3) is 5.82 Å². The fraction of sp³-hybridized carbons (Fsp3) is 0.391. The lowest BCUT2D eigenvalue weighted by atomic mass is 10.1. The average Bonchev–Trinajstić information content (AvgIpc) is 3.48. The number of aromatic amines is 1. The zero-order chi connectivity index (χ0) is 23.4. The average molecular weight is 473 g/mol. The zero-order valence-corrected chi connectivity index (χ0v) is 19.0. The second-order valence-electron chi connectivity index (χ2n) is 8.30. The van der Waals surface area contributed by atoms with Crippen molar-refractivity contribution >= 4 is 10.0 Å². The van der Waals surface area contributed by atoms with Crippen LogP contribution in [0.2, 0.25) is 0 Å². The third-order valence-corrected chi connectivity index (χ3v) is 7.87. The highest BCUT2D eigenvalue weighted by atomic mass is 32.2. The molecular formula is C23H28N4O5S. The van der Waals surface area contributed by atoms with Crippen LogP contribution in [0.5, 0.6) is 0 Å². The van der Waals surface area contributed by atoms with Gasteiger partial charge >= 0.3 is 0 Å². The van der Waals surface area contributed by atoms with Gasteiger partial charge in [0.1, 0.15) is 4.90 Å². The van der Waals surface area contributed by atoms with Crippen molar-refractivity contribution in [2.75, 3.05) is 13.2 Å². The number of aromatic nitrogens is 3. The Bertz CT molecular complexity index is 1220. The summed E-state index contributed by atoms with van der Waals surface area (Å²) in [6.07, 6.45) is 5.43. The molecule has 3 N–H and O–H groups in total. The second kappa shape index (κ2) is 10.0. The summed E-state index contributed by atoms with van der Waals surface area (Å²) in [4.78, 5) is 17.0. The molecule has 1 aliphatic rings. The van der Waals surface area contributed by atoms with Crippen molar-refractivity contribution in [1.29, 1.82) is 0 Å². The Morgan fingerprint density at radius 2 is 1.88 bits per heavy atom. The molecule has 9 nitrogen and oxygen atoms in total. The van der Waals surface area contributed by atoms with Gasteiger partial charge in [-0.1, -0.05) is 43.2 Å². The number of rotatable bonds is 9. The molecule has 0 aliphatic heterocycles. The molecule has 0 spiro atoms. The highest BCUT2D eigenvalue weighted by molar-refractivity contribution is 7.89. The molecule has 2 heterocycles. The maximum absolute atomic E-state index is 13.3. The van der Waals surface area contributed by atoms with E-state index < -0.39 is 22.7 Å². The summed E-state index contributed by atoms with van der Waals surface area (Å²) in [7, 11) is -3.93. The van der Waals surface area contributed by atoms with Gasteiger partial charge in [0.15, 0.2) is 5.82 Å². The number of H-pyrrole nitrogens is 1. The first-order chi connectivity index (χ1) is 15.9. The third-order valence-electron chi connectivity index (χ3n) is 5.97. The monoisotopic (exact) mass is 472 g/mol. The van der Waals surface area contributed by atoms with E-state index in [9.17, 15) is 23.4 Å². The van der Waals surface area contributed by atoms with Gasteiger partial charge in [-0.2, -0.15) is 4.31 Å². The van der Waals surface area contributed by atoms with E-state index in [1.165, 1.54) is 27.3 Å². The number of nitrogens with zero attached hydrogens (tertiary/aromatic N) is 3. The predicted molar refractivity (Wildman–Crippen MR) is 123 cm³/mol. The van der Waals surface area contributed by atoms with E-state index in [0.29, 0.717) is 24.8 Å². The number of pyridine rings is 1. The van der Waals surface area contributed by atoms with Crippen LogP contribution in [-0.2, 0) is 16.4 Å². The Hall–Kier alpha value is -2.79. The molecule has 0 bridgehead atoms. The molecule has 1 atom stereocenters. The van der Waals surface area contributed by atoms with E-state index in [2.05, 4.69) is 10.1 Å². The lowest BCUT2D eigenvalue weighted by Gasteiger charge is -2.29. The first-order valence-electron chi connectivity index (χ1n) is 11.0. The molecule has 4 rings (SSSR count). The van der Waals surface area contributed by atoms with E-state index in [4.69, 9.17) is 0 Å². The quantitative estimate of drug-likeness (QED) is 0.432. The highest BCUT2D eigenvalue weighted by Gasteiger charge is 2.34. The van der Waals surface area contributed by atoms with E-state index in [-0.39, 0.29) is 28.9 Å². The van der Waals surface area contributed by atoms with Gasteiger partial charge in [-0.25, -0.2) is 18.1 Å². The standard InChI is InChI=1S/C23H28N4O5S/c28-16-20(29)15-26(19-8-4-5-9-19)33(31,32)21-10-11-22(24-14-21)27-23(30)18(13-25-27)12-17-6-2-1-3-7-17/h1-3,6-7,10-11,13-14,19-20,25,28-29H,4-5,8-9,12,15-16H2/t20-/m0/s1. The lowest BCUT2D eigenvalue weighted by Crippen LogP contribution is -2.44. The predicted octanol–water partition coefficient (Wildman–Crippen LogP) is 1.44. The van der Waals surface area contributed by atoms with Crippen molar-refractivity contribution in [2.45, 2.75) is 49.1 Å². The van der Waals surface area contributed by atoms with Crippen molar-refractivity contribution in [3.8, 4) is 5.82 Å². The summed E-state index contributed by atoms with van der Waals surface area (Å²) < 4.78 is 29.2. The Morgan fingerprint density at radius 3 is 2.52 bits per heavy atom. The van der Waals surface area contributed by atoms with E-state index in [1.807, 2.05) is 30.3 Å². The topological polar surface area (TPSA) is 129 Å². The first-order valence-corrected chi connectivity index (χ1v) is 12.4. The number of sulfonamides is 1. The molecule has 1 aliphatic carbocycles. The van der Waals surface area contributed by atoms with Crippen molar-refractivity contribution < 1.29 is 18.6 Å². The highest BCUT2D eigenvalue weighted by Crippen LogP contribution is 2.29. The van der Waals surface area contributed by atoms with E-state index >= 15 is 0 Å². The number of benzene rings is 1. The molecule has 3 aromatic rings. The van der Waals surface area contributed by atoms with Gasteiger partial charge < -0.3 is 10.2 Å². The number of aliphatic hydroxyl groups is 2. The molecule has 33 heavy (non-hydrogen) atoms. The zero-order valence-electron chi connectivity index (χ0n) is 18.2. The largest absolute Gasteiger partial charge is 0.394 e. The second-order valence-corrected chi connectivity index (χ2v) is 10.2. The summed E-state index contributed by atoms with van der Waals surface area (Å²) in [6.45, 7) is -0.693. The van der Waals surface area contributed by atoms with Crippen molar-refractivity contribution in [3.63, 3.8) is 0 Å². The number of nitrogens with one attached hydrogen (secondary N) is 1. The van der Waals surface area contributed by atoms with Gasteiger partial charge in [0.05, 0.1) is 12.7 Å². The molecule has 1 aromatic carbocycles. The summed E-state index contributed by atoms with van der Waals surface area (Å²) in [5.41, 5.74) is 1.33. The number of aliphatic hydroxyl groups excluding tert-OH is 2. The third kappa shape index (κ3) is 5.09. The van der Waals surface area contributed by atoms with E-state index in [1.54, 1.807) is 6.20 Å². The summed E-state index contributed by atoms with van der Waals surface area (Å²) in [5.74, 6) is 0.279. The van der Waals surface area contributed by atoms with E-state index in [0.717, 1.165) is 18.4 Å². The SMILES string of the molecule is O=c1c(Cc2ccccc2)c[nH]n1-c1ccc(S(=O)(=O)N(C[C@H](O)CO)C2CCCC2)cn1. The molecule has 0 amide bonds. The van der Waals surface area contributed by atoms with Gasteiger partial charge in [-0.15, -0.1) is 0 Å². The van der Waals surface area contributed by atoms with Crippen LogP contribution in [0.15, 0.2) is 64.5 Å². The van der Waals surface area contributed by atoms with Gasteiger partial charge in [-0.05, 0) is 30.5 Å². The van der Waals surface area contributed by atoms with Crippen LogP contribution in [0.4, 0.5) is 0 Å². The van der Waals surface area contributed by atoms with Gasteiger partial charge in [0, 0.05) is 37.0 Å². The Labute approximate surface area is 192 Å². The fourth-order valence-corrected chi connectivity index (χ4v) is 5.88.